The first-order valence-corrected chi connectivity index (χ1v) is 10.1. The number of aromatic hydroxyl groups is 1. The number of hydrogen-bond donors (Lipinski definition) is 7. The number of aliphatic hydroxyl groups is 5. The lowest BCUT2D eigenvalue weighted by molar-refractivity contribution is -0.181. The lowest BCUT2D eigenvalue weighted by atomic mass is 9.53. The Labute approximate surface area is 209 Å². The van der Waals surface area contributed by atoms with Crippen molar-refractivity contribution in [1.29, 1.82) is 0 Å². The van der Waals surface area contributed by atoms with E-state index in [1.54, 1.807) is 0 Å². The van der Waals surface area contributed by atoms with Gasteiger partial charge in [0.05, 0.1) is 40.7 Å². The Hall–Kier alpha value is -2.48. The van der Waals surface area contributed by atoms with Gasteiger partial charge >= 0.3 is 0 Å². The second-order valence-electron chi connectivity index (χ2n) is 9.06. The zero-order chi connectivity index (χ0) is 24.8. The van der Waals surface area contributed by atoms with Crippen LogP contribution >= 0.6 is 0 Å². The van der Waals surface area contributed by atoms with Crippen LogP contribution < -0.4 is 5.73 Å². The topological polar surface area (TPSA) is 202 Å². The van der Waals surface area contributed by atoms with Crippen LogP contribution in [-0.2, 0) is 20.0 Å². The molecule has 178 valence electrons. The summed E-state index contributed by atoms with van der Waals surface area (Å²) in [5, 5.41) is 66.3. The van der Waals surface area contributed by atoms with Crippen molar-refractivity contribution in [1.82, 2.24) is 4.90 Å². The molecule has 0 spiro atoms. The highest BCUT2D eigenvalue weighted by Crippen LogP contribution is 2.57. The number of phenols is 1. The Bertz CT molecular complexity index is 1190. The standard InChI is InChI=1S/C22H24N2O9.Mg/c1-21(32)7-5-4-6-8(25)9(7)15(26)10-12(21)17(28)13-14(24(2)3)16(27)11(20(23)31)19(30)22(13,33)18(10)29;/h4-6,12-14,17,25-26,28,30,32-33H,1-3H3,(H2,23,31);/t12-,13-,14+,17+,21-,22+;/m1./s1. The fraction of sp³-hybridized carbons (Fsp3) is 0.409. The normalized spacial score (nSPS) is 34.9. The SMILES string of the molecule is CN(C)[C@@H]1C(=O)C(C(N)=O)=C(O)[C@@]2(O)C(=O)C3=C(O)c4c(O)cccc4[C@@](C)(O)[C@H]3[C@H](O)[C@@H]12.[Mg]. The number of aliphatic hydroxyl groups excluding tert-OH is 3. The van der Waals surface area contributed by atoms with Gasteiger partial charge < -0.3 is 36.4 Å². The molecule has 3 aliphatic rings. The molecule has 1 fully saturated rings. The number of phenolic OH excluding ortho intramolecular Hbond substituents is 1. The van der Waals surface area contributed by atoms with Crippen LogP contribution in [0.4, 0.5) is 0 Å². The Morgan fingerprint density at radius 2 is 1.71 bits per heavy atom. The molecule has 1 saturated carbocycles. The minimum Gasteiger partial charge on any atom is -0.508 e. The average molecular weight is 485 g/mol. The summed E-state index contributed by atoms with van der Waals surface area (Å²) in [5.74, 6) is -9.67. The summed E-state index contributed by atoms with van der Waals surface area (Å²) in [6, 6.07) is 2.50. The average Bonchev–Trinajstić information content (AvgIpc) is 2.70. The number of hydrogen-bond acceptors (Lipinski definition) is 10. The highest BCUT2D eigenvalue weighted by atomic mass is 24.3. The predicted molar refractivity (Wildman–Crippen MR) is 117 cm³/mol. The lowest BCUT2D eigenvalue weighted by Crippen LogP contribution is -2.71. The molecule has 1 aromatic rings. The molecule has 6 atom stereocenters. The van der Waals surface area contributed by atoms with Crippen molar-refractivity contribution >= 4 is 46.3 Å². The second-order valence-corrected chi connectivity index (χ2v) is 9.06. The number of likely N-dealkylation sites (N-methyl/N-ethyl adjacent to an activating group) is 1. The third-order valence-electron chi connectivity index (χ3n) is 7.03. The summed E-state index contributed by atoms with van der Waals surface area (Å²) in [6.07, 6.45) is -1.87. The molecule has 34 heavy (non-hydrogen) atoms. The number of benzene rings is 1. The number of fused-ring (bicyclic) bond motifs is 3. The van der Waals surface area contributed by atoms with Crippen molar-refractivity contribution in [2.75, 3.05) is 14.1 Å². The summed E-state index contributed by atoms with van der Waals surface area (Å²) in [7, 11) is 2.80. The van der Waals surface area contributed by atoms with E-state index in [1.807, 2.05) is 0 Å². The van der Waals surface area contributed by atoms with Crippen LogP contribution in [0.3, 0.4) is 0 Å². The summed E-state index contributed by atoms with van der Waals surface area (Å²) in [5.41, 5.74) is -1.78. The van der Waals surface area contributed by atoms with Crippen LogP contribution in [0.25, 0.3) is 5.76 Å². The van der Waals surface area contributed by atoms with Gasteiger partial charge in [0.15, 0.2) is 11.4 Å². The van der Waals surface area contributed by atoms with Gasteiger partial charge in [-0.3, -0.25) is 19.3 Å². The van der Waals surface area contributed by atoms with E-state index in [1.165, 1.54) is 44.1 Å². The summed E-state index contributed by atoms with van der Waals surface area (Å²) in [6.45, 7) is 1.25. The van der Waals surface area contributed by atoms with Gasteiger partial charge in [0.1, 0.15) is 22.8 Å². The first-order valence-electron chi connectivity index (χ1n) is 10.1. The second kappa shape index (κ2) is 8.04. The predicted octanol–water partition coefficient (Wildman–Crippen LogP) is -1.78. The molecule has 0 aliphatic heterocycles. The zero-order valence-electron chi connectivity index (χ0n) is 18.7. The Balaban J connectivity index is 0.00000324. The van der Waals surface area contributed by atoms with Crippen molar-refractivity contribution < 1.29 is 45.0 Å². The zero-order valence-corrected chi connectivity index (χ0v) is 20.1. The van der Waals surface area contributed by atoms with Gasteiger partial charge in [0.25, 0.3) is 5.91 Å². The number of Topliss-reactive ketones (excluding diaryl/α,β-unsaturated/α-hetero) is 2. The van der Waals surface area contributed by atoms with E-state index in [0.29, 0.717) is 0 Å². The molecule has 12 heteroatoms. The van der Waals surface area contributed by atoms with Gasteiger partial charge in [-0.1, -0.05) is 12.1 Å². The van der Waals surface area contributed by atoms with Crippen molar-refractivity contribution in [3.05, 3.63) is 46.2 Å². The van der Waals surface area contributed by atoms with E-state index < -0.39 is 81.1 Å². The summed E-state index contributed by atoms with van der Waals surface area (Å²) < 4.78 is 0. The molecule has 0 aromatic heterocycles. The van der Waals surface area contributed by atoms with Crippen LogP contribution in [0.1, 0.15) is 18.1 Å². The third kappa shape index (κ3) is 3.00. The smallest absolute Gasteiger partial charge is 0.255 e. The molecular formula is C22H24MgN2O9. The fourth-order valence-corrected chi connectivity index (χ4v) is 5.60. The molecule has 2 radical (unpaired) electrons. The van der Waals surface area contributed by atoms with Crippen LogP contribution in [-0.4, -0.2) is 108 Å². The molecule has 3 aliphatic carbocycles. The van der Waals surface area contributed by atoms with Gasteiger partial charge in [-0.2, -0.15) is 0 Å². The maximum absolute atomic E-state index is 13.7. The molecule has 0 heterocycles. The van der Waals surface area contributed by atoms with Crippen molar-refractivity contribution in [3.63, 3.8) is 0 Å². The maximum Gasteiger partial charge on any atom is 0.255 e. The first-order chi connectivity index (χ1) is 15.2. The minimum atomic E-state index is -3.02. The lowest BCUT2D eigenvalue weighted by Gasteiger charge is -2.55. The monoisotopic (exact) mass is 484 g/mol. The summed E-state index contributed by atoms with van der Waals surface area (Å²) >= 11 is 0. The van der Waals surface area contributed by atoms with Crippen molar-refractivity contribution in [3.8, 4) is 5.75 Å². The van der Waals surface area contributed by atoms with Gasteiger partial charge in [-0.25, -0.2) is 0 Å². The largest absolute Gasteiger partial charge is 0.508 e. The van der Waals surface area contributed by atoms with E-state index in [4.69, 9.17) is 5.73 Å². The molecule has 0 bridgehead atoms. The number of carbonyl (C=O) groups excluding carboxylic acids is 3. The fourth-order valence-electron chi connectivity index (χ4n) is 5.60. The molecule has 1 aromatic carbocycles. The molecular weight excluding hydrogens is 461 g/mol. The quantitative estimate of drug-likeness (QED) is 0.186. The van der Waals surface area contributed by atoms with Crippen LogP contribution in [0, 0.1) is 11.8 Å². The number of amides is 1. The van der Waals surface area contributed by atoms with Gasteiger partial charge in [-0.15, -0.1) is 0 Å². The van der Waals surface area contributed by atoms with E-state index in [-0.39, 0.29) is 34.2 Å². The van der Waals surface area contributed by atoms with E-state index in [2.05, 4.69) is 0 Å². The molecule has 8 N–H and O–H groups in total. The Morgan fingerprint density at radius 3 is 2.24 bits per heavy atom. The molecule has 11 nitrogen and oxygen atoms in total. The highest BCUT2D eigenvalue weighted by Gasteiger charge is 2.70. The minimum absolute atomic E-state index is 0. The van der Waals surface area contributed by atoms with E-state index in [0.717, 1.165) is 0 Å². The highest BCUT2D eigenvalue weighted by molar-refractivity contribution is 6.24. The van der Waals surface area contributed by atoms with Crippen LogP contribution in [0.2, 0.25) is 0 Å². The van der Waals surface area contributed by atoms with Crippen molar-refractivity contribution in [2.45, 2.75) is 30.3 Å². The molecule has 4 rings (SSSR count). The third-order valence-corrected chi connectivity index (χ3v) is 7.03. The van der Waals surface area contributed by atoms with E-state index in [9.17, 15) is 45.0 Å². The number of rotatable bonds is 2. The Kier molecular flexibility index (Phi) is 6.18. The molecule has 0 unspecified atom stereocenters. The number of carbonyl (C=O) groups is 3. The number of nitrogens with zero attached hydrogens (tertiary/aromatic N) is 1. The van der Waals surface area contributed by atoms with Crippen molar-refractivity contribution in [2.24, 2.45) is 17.6 Å². The first kappa shape index (κ1) is 26.1. The van der Waals surface area contributed by atoms with E-state index >= 15 is 0 Å². The van der Waals surface area contributed by atoms with Crippen LogP contribution in [0.15, 0.2) is 35.1 Å². The number of nitrogens with two attached hydrogens (primary N) is 1. The van der Waals surface area contributed by atoms with Crippen LogP contribution in [0.5, 0.6) is 5.75 Å². The Morgan fingerprint density at radius 1 is 1.12 bits per heavy atom. The maximum atomic E-state index is 13.7. The number of ketones is 2. The van der Waals surface area contributed by atoms with Gasteiger partial charge in [-0.05, 0) is 32.6 Å². The van der Waals surface area contributed by atoms with Gasteiger partial charge in [0.2, 0.25) is 5.78 Å². The van der Waals surface area contributed by atoms with Gasteiger partial charge in [0, 0.05) is 23.1 Å². The molecule has 1 amide bonds. The molecule has 0 saturated heterocycles. The summed E-state index contributed by atoms with van der Waals surface area (Å²) in [4.78, 5) is 39.9. The number of primary amides is 1.